The summed E-state index contributed by atoms with van der Waals surface area (Å²) in [6, 6.07) is 20.0. The van der Waals surface area contributed by atoms with Crippen molar-refractivity contribution in [2.75, 3.05) is 13.1 Å². The molecular weight excluding hydrogens is 334 g/mol. The SMILES string of the molecule is CCC(C)C(C(=O)N1CCC(C(O)c2ccccc2)CC1)c1ccccc1. The number of hydrogen-bond acceptors (Lipinski definition) is 2. The molecule has 3 nitrogen and oxygen atoms in total. The van der Waals surface area contributed by atoms with Gasteiger partial charge in [-0.3, -0.25) is 4.79 Å². The zero-order chi connectivity index (χ0) is 19.2. The number of carbonyl (C=O) groups is 1. The lowest BCUT2D eigenvalue weighted by Gasteiger charge is -2.37. The predicted molar refractivity (Wildman–Crippen MR) is 109 cm³/mol. The van der Waals surface area contributed by atoms with E-state index in [0.29, 0.717) is 5.92 Å². The van der Waals surface area contributed by atoms with Crippen LogP contribution in [0.5, 0.6) is 0 Å². The van der Waals surface area contributed by atoms with Gasteiger partial charge in [-0.15, -0.1) is 0 Å². The Balaban J connectivity index is 1.66. The number of benzene rings is 2. The number of piperidine rings is 1. The molecular formula is C24H31NO2. The van der Waals surface area contributed by atoms with Crippen LogP contribution in [-0.2, 0) is 4.79 Å². The first-order chi connectivity index (χ1) is 13.1. The maximum absolute atomic E-state index is 13.3. The first-order valence-corrected chi connectivity index (χ1v) is 10.2. The Morgan fingerprint density at radius 2 is 1.52 bits per heavy atom. The molecule has 3 atom stereocenters. The van der Waals surface area contributed by atoms with E-state index in [1.54, 1.807) is 0 Å². The third kappa shape index (κ3) is 4.59. The number of hydrogen-bond donors (Lipinski definition) is 1. The monoisotopic (exact) mass is 365 g/mol. The molecule has 3 unspecified atom stereocenters. The lowest BCUT2D eigenvalue weighted by Crippen LogP contribution is -2.43. The van der Waals surface area contributed by atoms with Gasteiger partial charge in [-0.25, -0.2) is 0 Å². The van der Waals surface area contributed by atoms with Crippen LogP contribution >= 0.6 is 0 Å². The standard InChI is InChI=1S/C24H31NO2/c1-3-18(2)22(19-10-6-4-7-11-19)24(27)25-16-14-21(15-17-25)23(26)20-12-8-5-9-13-20/h4-13,18,21-23,26H,3,14-17H2,1-2H3. The van der Waals surface area contributed by atoms with Crippen molar-refractivity contribution < 1.29 is 9.90 Å². The molecule has 0 aromatic heterocycles. The highest BCUT2D eigenvalue weighted by Crippen LogP contribution is 2.34. The smallest absolute Gasteiger partial charge is 0.230 e. The molecule has 144 valence electrons. The largest absolute Gasteiger partial charge is 0.388 e. The zero-order valence-electron chi connectivity index (χ0n) is 16.4. The molecule has 1 aliphatic heterocycles. The van der Waals surface area contributed by atoms with E-state index in [9.17, 15) is 9.90 Å². The van der Waals surface area contributed by atoms with Gasteiger partial charge in [-0.1, -0.05) is 80.9 Å². The fraction of sp³-hybridized carbons (Fsp3) is 0.458. The lowest BCUT2D eigenvalue weighted by atomic mass is 9.83. The van der Waals surface area contributed by atoms with Gasteiger partial charge in [0, 0.05) is 13.1 Å². The first-order valence-electron chi connectivity index (χ1n) is 10.2. The van der Waals surface area contributed by atoms with Crippen LogP contribution in [0.4, 0.5) is 0 Å². The summed E-state index contributed by atoms with van der Waals surface area (Å²) >= 11 is 0. The van der Waals surface area contributed by atoms with Crippen molar-refractivity contribution in [3.05, 3.63) is 71.8 Å². The molecule has 1 aliphatic rings. The highest BCUT2D eigenvalue weighted by Gasteiger charge is 2.33. The average molecular weight is 366 g/mol. The van der Waals surface area contributed by atoms with Gasteiger partial charge < -0.3 is 10.0 Å². The van der Waals surface area contributed by atoms with Gasteiger partial charge >= 0.3 is 0 Å². The molecule has 0 radical (unpaired) electrons. The Kier molecular flexibility index (Phi) is 6.68. The van der Waals surface area contributed by atoms with Gasteiger partial charge in [0.1, 0.15) is 0 Å². The molecule has 2 aromatic carbocycles. The molecule has 27 heavy (non-hydrogen) atoms. The van der Waals surface area contributed by atoms with Crippen molar-refractivity contribution in [1.82, 2.24) is 4.90 Å². The third-order valence-electron chi connectivity index (χ3n) is 6.08. The van der Waals surface area contributed by atoms with Gasteiger partial charge in [0.05, 0.1) is 12.0 Å². The number of nitrogens with zero attached hydrogens (tertiary/aromatic N) is 1. The van der Waals surface area contributed by atoms with Crippen LogP contribution in [0.3, 0.4) is 0 Å². The topological polar surface area (TPSA) is 40.5 Å². The van der Waals surface area contributed by atoms with Crippen molar-refractivity contribution in [2.24, 2.45) is 11.8 Å². The number of amides is 1. The quantitative estimate of drug-likeness (QED) is 0.800. The van der Waals surface area contributed by atoms with Crippen LogP contribution in [0.1, 0.15) is 56.3 Å². The second-order valence-corrected chi connectivity index (χ2v) is 7.79. The van der Waals surface area contributed by atoms with Crippen molar-refractivity contribution in [2.45, 2.75) is 45.1 Å². The summed E-state index contributed by atoms with van der Waals surface area (Å²) in [5.74, 6) is 0.692. The first kappa shape index (κ1) is 19.6. The average Bonchev–Trinajstić information content (AvgIpc) is 2.74. The summed E-state index contributed by atoms with van der Waals surface area (Å²) in [7, 11) is 0. The number of carbonyl (C=O) groups excluding carboxylic acids is 1. The zero-order valence-corrected chi connectivity index (χ0v) is 16.4. The van der Waals surface area contributed by atoms with Gasteiger partial charge in [0.25, 0.3) is 0 Å². The van der Waals surface area contributed by atoms with Gasteiger partial charge in [0.15, 0.2) is 0 Å². The van der Waals surface area contributed by atoms with Crippen molar-refractivity contribution in [3.8, 4) is 0 Å². The maximum atomic E-state index is 13.3. The van der Waals surface area contributed by atoms with Crippen LogP contribution in [-0.4, -0.2) is 29.0 Å². The normalized spacial score (nSPS) is 18.7. The van der Waals surface area contributed by atoms with Gasteiger partial charge in [0.2, 0.25) is 5.91 Å². The summed E-state index contributed by atoms with van der Waals surface area (Å²) in [6.07, 6.45) is 2.24. The second-order valence-electron chi connectivity index (χ2n) is 7.79. The Hall–Kier alpha value is -2.13. The maximum Gasteiger partial charge on any atom is 0.230 e. The summed E-state index contributed by atoms with van der Waals surface area (Å²) in [4.78, 5) is 15.3. The summed E-state index contributed by atoms with van der Waals surface area (Å²) < 4.78 is 0. The molecule has 1 amide bonds. The van der Waals surface area contributed by atoms with Crippen LogP contribution in [0.25, 0.3) is 0 Å². The van der Waals surface area contributed by atoms with E-state index in [-0.39, 0.29) is 17.7 Å². The molecule has 2 aromatic rings. The molecule has 0 spiro atoms. The van der Waals surface area contributed by atoms with Gasteiger partial charge in [-0.2, -0.15) is 0 Å². The molecule has 1 fully saturated rings. The Morgan fingerprint density at radius 3 is 2.04 bits per heavy atom. The van der Waals surface area contributed by atoms with E-state index in [1.165, 1.54) is 0 Å². The summed E-state index contributed by atoms with van der Waals surface area (Å²) in [5, 5.41) is 10.7. The van der Waals surface area contributed by atoms with E-state index in [2.05, 4.69) is 26.0 Å². The summed E-state index contributed by atoms with van der Waals surface area (Å²) in [6.45, 7) is 5.78. The van der Waals surface area contributed by atoms with Crippen LogP contribution < -0.4 is 0 Å². The Morgan fingerprint density at radius 1 is 1.00 bits per heavy atom. The van der Waals surface area contributed by atoms with E-state index >= 15 is 0 Å². The number of likely N-dealkylation sites (tertiary alicyclic amines) is 1. The molecule has 1 heterocycles. The molecule has 3 rings (SSSR count). The summed E-state index contributed by atoms with van der Waals surface area (Å²) in [5.41, 5.74) is 2.09. The minimum Gasteiger partial charge on any atom is -0.388 e. The highest BCUT2D eigenvalue weighted by molar-refractivity contribution is 5.84. The lowest BCUT2D eigenvalue weighted by molar-refractivity contribution is -0.136. The van der Waals surface area contributed by atoms with E-state index < -0.39 is 6.10 Å². The van der Waals surface area contributed by atoms with E-state index in [1.807, 2.05) is 53.4 Å². The molecule has 0 bridgehead atoms. The fourth-order valence-corrected chi connectivity index (χ4v) is 4.17. The predicted octanol–water partition coefficient (Wildman–Crippen LogP) is 4.79. The number of aliphatic hydroxyl groups excluding tert-OH is 1. The Bertz CT molecular complexity index is 708. The fourth-order valence-electron chi connectivity index (χ4n) is 4.17. The highest BCUT2D eigenvalue weighted by atomic mass is 16.3. The number of rotatable bonds is 6. The number of aliphatic hydroxyl groups is 1. The second kappa shape index (κ2) is 9.18. The molecule has 3 heteroatoms. The molecule has 1 N–H and O–H groups in total. The molecule has 0 aliphatic carbocycles. The van der Waals surface area contributed by atoms with Crippen molar-refractivity contribution in [1.29, 1.82) is 0 Å². The minimum absolute atomic E-state index is 0.0770. The minimum atomic E-state index is -0.442. The van der Waals surface area contributed by atoms with E-state index in [4.69, 9.17) is 0 Å². The molecule has 1 saturated heterocycles. The van der Waals surface area contributed by atoms with Crippen LogP contribution in [0, 0.1) is 11.8 Å². The van der Waals surface area contributed by atoms with Crippen molar-refractivity contribution >= 4 is 5.91 Å². The van der Waals surface area contributed by atoms with Crippen molar-refractivity contribution in [3.63, 3.8) is 0 Å². The van der Waals surface area contributed by atoms with Gasteiger partial charge in [-0.05, 0) is 35.8 Å². The molecule has 0 saturated carbocycles. The van der Waals surface area contributed by atoms with Crippen LogP contribution in [0.2, 0.25) is 0 Å². The van der Waals surface area contributed by atoms with Crippen LogP contribution in [0.15, 0.2) is 60.7 Å². The third-order valence-corrected chi connectivity index (χ3v) is 6.08. The van der Waals surface area contributed by atoms with E-state index in [0.717, 1.165) is 43.5 Å². The Labute approximate surface area is 163 Å².